The molecule has 1 N–H and O–H groups in total. The Balaban J connectivity index is 1.49. The number of aromatic nitrogens is 1. The number of hydrogen-bond donors (Lipinski definition) is 1. The van der Waals surface area contributed by atoms with Gasteiger partial charge in [0.05, 0.1) is 16.1 Å². The van der Waals surface area contributed by atoms with E-state index in [9.17, 15) is 4.79 Å². The number of hydrogen-bond acceptors (Lipinski definition) is 3. The Labute approximate surface area is 145 Å². The van der Waals surface area contributed by atoms with E-state index in [1.54, 1.807) is 18.0 Å². The van der Waals surface area contributed by atoms with Crippen LogP contribution in [-0.2, 0) is 11.2 Å². The highest BCUT2D eigenvalue weighted by Crippen LogP contribution is 2.29. The molecule has 23 heavy (non-hydrogen) atoms. The van der Waals surface area contributed by atoms with Crippen LogP contribution in [0.4, 0.5) is 0 Å². The maximum absolute atomic E-state index is 12.2. The number of pyridine rings is 1. The Kier molecular flexibility index (Phi) is 5.57. The standard InChI is InChI=1S/C18H19ClN2OS/c19-14-8-9-18(20-12-14)23-11-10-17(22)21-16-7-3-5-13-4-1-2-6-15(13)16/h1-2,4,6,8-9,12,16H,3,5,7,10-11H2,(H,21,22). The number of carbonyl (C=O) groups is 1. The summed E-state index contributed by atoms with van der Waals surface area (Å²) in [5, 5.41) is 4.70. The molecule has 0 bridgehead atoms. The molecule has 120 valence electrons. The van der Waals surface area contributed by atoms with E-state index < -0.39 is 0 Å². The molecule has 0 saturated heterocycles. The van der Waals surface area contributed by atoms with E-state index in [1.165, 1.54) is 11.1 Å². The van der Waals surface area contributed by atoms with E-state index in [0.717, 1.165) is 30.0 Å². The van der Waals surface area contributed by atoms with Crippen molar-refractivity contribution in [1.82, 2.24) is 10.3 Å². The Bertz CT molecular complexity index is 675. The number of thioether (sulfide) groups is 1. The van der Waals surface area contributed by atoms with Crippen LogP contribution in [0, 0.1) is 0 Å². The lowest BCUT2D eigenvalue weighted by molar-refractivity contribution is -0.121. The van der Waals surface area contributed by atoms with Crippen molar-refractivity contribution < 1.29 is 4.79 Å². The second-order valence-corrected chi connectivity index (χ2v) is 7.18. The van der Waals surface area contributed by atoms with Gasteiger partial charge in [0.2, 0.25) is 5.91 Å². The summed E-state index contributed by atoms with van der Waals surface area (Å²) in [4.78, 5) is 16.4. The quantitative estimate of drug-likeness (QED) is 0.815. The van der Waals surface area contributed by atoms with Gasteiger partial charge in [0.1, 0.15) is 0 Å². The van der Waals surface area contributed by atoms with E-state index in [1.807, 2.05) is 18.2 Å². The first-order chi connectivity index (χ1) is 11.2. The van der Waals surface area contributed by atoms with Gasteiger partial charge in [-0.3, -0.25) is 4.79 Å². The molecule has 5 heteroatoms. The summed E-state index contributed by atoms with van der Waals surface area (Å²) in [6.45, 7) is 0. The van der Waals surface area contributed by atoms with Gasteiger partial charge in [0.15, 0.2) is 0 Å². The third kappa shape index (κ3) is 4.49. The van der Waals surface area contributed by atoms with Crippen molar-refractivity contribution in [3.05, 3.63) is 58.7 Å². The number of amides is 1. The molecule has 0 aliphatic heterocycles. The van der Waals surface area contributed by atoms with Crippen molar-refractivity contribution in [1.29, 1.82) is 0 Å². The molecule has 2 aromatic rings. The molecule has 1 amide bonds. The van der Waals surface area contributed by atoms with Crippen LogP contribution in [0.3, 0.4) is 0 Å². The zero-order chi connectivity index (χ0) is 16.1. The third-order valence-corrected chi connectivity index (χ3v) is 5.15. The predicted octanol–water partition coefficient (Wildman–Crippen LogP) is 4.41. The third-order valence-electron chi connectivity index (χ3n) is 3.98. The van der Waals surface area contributed by atoms with Crippen molar-refractivity contribution >= 4 is 29.3 Å². The first kappa shape index (κ1) is 16.3. The smallest absolute Gasteiger partial charge is 0.221 e. The van der Waals surface area contributed by atoms with Crippen LogP contribution in [0.5, 0.6) is 0 Å². The first-order valence-electron chi connectivity index (χ1n) is 7.84. The van der Waals surface area contributed by atoms with Gasteiger partial charge in [0, 0.05) is 18.4 Å². The first-order valence-corrected chi connectivity index (χ1v) is 9.20. The summed E-state index contributed by atoms with van der Waals surface area (Å²) in [7, 11) is 0. The second-order valence-electron chi connectivity index (χ2n) is 5.62. The molecule has 1 aromatic carbocycles. The fourth-order valence-corrected chi connectivity index (χ4v) is 3.77. The van der Waals surface area contributed by atoms with Crippen molar-refractivity contribution in [2.45, 2.75) is 36.8 Å². The van der Waals surface area contributed by atoms with Gasteiger partial charge in [-0.05, 0) is 42.5 Å². The summed E-state index contributed by atoms with van der Waals surface area (Å²) in [5.74, 6) is 0.822. The van der Waals surface area contributed by atoms with Crippen LogP contribution < -0.4 is 5.32 Å². The average Bonchev–Trinajstić information content (AvgIpc) is 2.57. The molecular formula is C18H19ClN2OS. The average molecular weight is 347 g/mol. The van der Waals surface area contributed by atoms with Gasteiger partial charge in [-0.2, -0.15) is 0 Å². The molecule has 0 spiro atoms. The topological polar surface area (TPSA) is 42.0 Å². The maximum Gasteiger partial charge on any atom is 0.221 e. The number of halogens is 1. The van der Waals surface area contributed by atoms with E-state index in [-0.39, 0.29) is 11.9 Å². The molecule has 3 nitrogen and oxygen atoms in total. The minimum absolute atomic E-state index is 0.105. The molecule has 1 heterocycles. The lowest BCUT2D eigenvalue weighted by Crippen LogP contribution is -2.31. The Hall–Kier alpha value is -1.52. The van der Waals surface area contributed by atoms with E-state index >= 15 is 0 Å². The lowest BCUT2D eigenvalue weighted by Gasteiger charge is -2.26. The monoisotopic (exact) mass is 346 g/mol. The molecule has 1 aliphatic carbocycles. The summed E-state index contributed by atoms with van der Waals surface area (Å²) >= 11 is 7.38. The normalized spacial score (nSPS) is 16.7. The number of aryl methyl sites for hydroxylation is 1. The van der Waals surface area contributed by atoms with Gasteiger partial charge in [-0.1, -0.05) is 35.9 Å². The SMILES string of the molecule is O=C(CCSc1ccc(Cl)cn1)NC1CCCc2ccccc21. The number of benzene rings is 1. The van der Waals surface area contributed by atoms with Crippen LogP contribution in [-0.4, -0.2) is 16.6 Å². The minimum atomic E-state index is 0.105. The van der Waals surface area contributed by atoms with Crippen molar-refractivity contribution in [2.24, 2.45) is 0 Å². The minimum Gasteiger partial charge on any atom is -0.349 e. The van der Waals surface area contributed by atoms with E-state index in [2.05, 4.69) is 28.5 Å². The number of rotatable bonds is 5. The molecular weight excluding hydrogens is 328 g/mol. The van der Waals surface area contributed by atoms with Crippen molar-refractivity contribution in [3.8, 4) is 0 Å². The zero-order valence-corrected chi connectivity index (χ0v) is 14.4. The van der Waals surface area contributed by atoms with E-state index in [4.69, 9.17) is 11.6 Å². The Morgan fingerprint density at radius 3 is 3.00 bits per heavy atom. The fraction of sp³-hybridized carbons (Fsp3) is 0.333. The van der Waals surface area contributed by atoms with Gasteiger partial charge < -0.3 is 5.32 Å². The van der Waals surface area contributed by atoms with Crippen LogP contribution >= 0.6 is 23.4 Å². The largest absolute Gasteiger partial charge is 0.349 e. The molecule has 0 saturated carbocycles. The zero-order valence-electron chi connectivity index (χ0n) is 12.8. The molecule has 3 rings (SSSR count). The highest BCUT2D eigenvalue weighted by Gasteiger charge is 2.21. The lowest BCUT2D eigenvalue weighted by atomic mass is 9.88. The molecule has 1 atom stereocenters. The van der Waals surface area contributed by atoms with Crippen LogP contribution in [0.25, 0.3) is 0 Å². The highest BCUT2D eigenvalue weighted by atomic mass is 35.5. The van der Waals surface area contributed by atoms with Gasteiger partial charge in [0.25, 0.3) is 0 Å². The van der Waals surface area contributed by atoms with Gasteiger partial charge >= 0.3 is 0 Å². The summed E-state index contributed by atoms with van der Waals surface area (Å²) in [6.07, 6.45) is 5.39. The summed E-state index contributed by atoms with van der Waals surface area (Å²) < 4.78 is 0. The molecule has 0 fully saturated rings. The molecule has 0 radical (unpaired) electrons. The number of nitrogens with one attached hydrogen (secondary N) is 1. The second kappa shape index (κ2) is 7.84. The van der Waals surface area contributed by atoms with Crippen LogP contribution in [0.2, 0.25) is 5.02 Å². The predicted molar refractivity (Wildman–Crippen MR) is 94.9 cm³/mol. The van der Waals surface area contributed by atoms with Crippen molar-refractivity contribution in [2.75, 3.05) is 5.75 Å². The maximum atomic E-state index is 12.2. The molecule has 1 aromatic heterocycles. The number of carbonyl (C=O) groups excluding carboxylic acids is 1. The Morgan fingerprint density at radius 2 is 2.17 bits per heavy atom. The van der Waals surface area contributed by atoms with E-state index in [0.29, 0.717) is 11.4 Å². The fourth-order valence-electron chi connectivity index (χ4n) is 2.87. The molecule has 1 aliphatic rings. The van der Waals surface area contributed by atoms with Gasteiger partial charge in [-0.15, -0.1) is 11.8 Å². The summed E-state index contributed by atoms with van der Waals surface area (Å²) in [6, 6.07) is 12.3. The number of fused-ring (bicyclic) bond motifs is 1. The van der Waals surface area contributed by atoms with Crippen LogP contribution in [0.1, 0.15) is 36.4 Å². The van der Waals surface area contributed by atoms with Crippen molar-refractivity contribution in [3.63, 3.8) is 0 Å². The Morgan fingerprint density at radius 1 is 1.30 bits per heavy atom. The summed E-state index contributed by atoms with van der Waals surface area (Å²) in [5.41, 5.74) is 2.64. The van der Waals surface area contributed by atoms with Crippen LogP contribution in [0.15, 0.2) is 47.6 Å². The molecule has 1 unspecified atom stereocenters. The van der Waals surface area contributed by atoms with Gasteiger partial charge in [-0.25, -0.2) is 4.98 Å². The highest BCUT2D eigenvalue weighted by molar-refractivity contribution is 7.99. The number of nitrogens with zero attached hydrogens (tertiary/aromatic N) is 1.